The van der Waals surface area contributed by atoms with Gasteiger partial charge in [-0.3, -0.25) is 0 Å². The van der Waals surface area contributed by atoms with E-state index < -0.39 is 9.84 Å². The molecule has 2 nitrogen and oxygen atoms in total. The predicted molar refractivity (Wildman–Crippen MR) is 61.7 cm³/mol. The van der Waals surface area contributed by atoms with E-state index in [1.54, 1.807) is 0 Å². The third kappa shape index (κ3) is 2.23. The smallest absolute Gasteiger partial charge is 0.152 e. The van der Waals surface area contributed by atoms with Crippen LogP contribution in [0.5, 0.6) is 0 Å². The fraction of sp³-hybridized carbons (Fsp3) is 0.500. The molecule has 0 amide bonds. The molecule has 3 heteroatoms. The van der Waals surface area contributed by atoms with Crippen LogP contribution in [0.25, 0.3) is 0 Å². The van der Waals surface area contributed by atoms with Gasteiger partial charge in [0.1, 0.15) is 0 Å². The van der Waals surface area contributed by atoms with Crippen LogP contribution in [-0.2, 0) is 9.84 Å². The average molecular weight is 224 g/mol. The second-order valence-corrected chi connectivity index (χ2v) is 6.85. The van der Waals surface area contributed by atoms with Crippen LogP contribution < -0.4 is 0 Å². The third-order valence-corrected chi connectivity index (χ3v) is 5.47. The van der Waals surface area contributed by atoms with Crippen molar-refractivity contribution in [2.24, 2.45) is 0 Å². The zero-order valence-corrected chi connectivity index (χ0v) is 9.70. The van der Waals surface area contributed by atoms with E-state index >= 15 is 0 Å². The molecular formula is C12H16O2S. The first kappa shape index (κ1) is 10.7. The van der Waals surface area contributed by atoms with Gasteiger partial charge in [-0.2, -0.15) is 0 Å². The van der Waals surface area contributed by atoms with Gasteiger partial charge in [0.2, 0.25) is 0 Å². The second-order valence-electron chi connectivity index (χ2n) is 4.31. The summed E-state index contributed by atoms with van der Waals surface area (Å²) in [6, 6.07) is 10.2. The lowest BCUT2D eigenvalue weighted by Gasteiger charge is -2.27. The van der Waals surface area contributed by atoms with Crippen LogP contribution in [-0.4, -0.2) is 19.4 Å². The fourth-order valence-corrected chi connectivity index (χ4v) is 3.74. The lowest BCUT2D eigenvalue weighted by Crippen LogP contribution is -2.29. The van der Waals surface area contributed by atoms with E-state index in [4.69, 9.17) is 0 Å². The molecule has 1 saturated heterocycles. The van der Waals surface area contributed by atoms with Crippen LogP contribution in [0, 0.1) is 0 Å². The lowest BCUT2D eigenvalue weighted by molar-refractivity contribution is 0.516. The molecule has 2 atom stereocenters. The summed E-state index contributed by atoms with van der Waals surface area (Å²) in [6.45, 7) is 1.82. The molecule has 1 aliphatic heterocycles. The van der Waals surface area contributed by atoms with Crippen molar-refractivity contribution in [3.63, 3.8) is 0 Å². The number of hydrogen-bond donors (Lipinski definition) is 0. The average Bonchev–Trinajstić information content (AvgIpc) is 2.23. The highest BCUT2D eigenvalue weighted by molar-refractivity contribution is 7.92. The monoisotopic (exact) mass is 224 g/mol. The van der Waals surface area contributed by atoms with Crippen LogP contribution >= 0.6 is 0 Å². The van der Waals surface area contributed by atoms with Crippen molar-refractivity contribution >= 4 is 9.84 Å². The molecule has 0 N–H and O–H groups in total. The highest BCUT2D eigenvalue weighted by atomic mass is 32.2. The summed E-state index contributed by atoms with van der Waals surface area (Å²) in [4.78, 5) is 0. The Morgan fingerprint density at radius 1 is 1.20 bits per heavy atom. The Hall–Kier alpha value is -0.830. The van der Waals surface area contributed by atoms with Crippen molar-refractivity contribution < 1.29 is 8.42 Å². The Labute approximate surface area is 91.2 Å². The molecular weight excluding hydrogens is 208 g/mol. The third-order valence-electron chi connectivity index (χ3n) is 3.25. The van der Waals surface area contributed by atoms with Gasteiger partial charge in [-0.15, -0.1) is 0 Å². The zero-order chi connectivity index (χ0) is 10.9. The van der Waals surface area contributed by atoms with Crippen LogP contribution in [0.15, 0.2) is 30.3 Å². The normalized spacial score (nSPS) is 29.9. The summed E-state index contributed by atoms with van der Waals surface area (Å²) in [5.41, 5.74) is 1.28. The minimum atomic E-state index is -2.80. The van der Waals surface area contributed by atoms with E-state index in [9.17, 15) is 8.42 Å². The van der Waals surface area contributed by atoms with E-state index in [0.29, 0.717) is 11.7 Å². The van der Waals surface area contributed by atoms with E-state index in [-0.39, 0.29) is 5.25 Å². The first-order chi connectivity index (χ1) is 7.09. The van der Waals surface area contributed by atoms with Crippen LogP contribution in [0.4, 0.5) is 0 Å². The van der Waals surface area contributed by atoms with Crippen molar-refractivity contribution in [2.75, 3.05) is 5.75 Å². The first-order valence-corrected chi connectivity index (χ1v) is 7.07. The summed E-state index contributed by atoms with van der Waals surface area (Å²) in [5.74, 6) is 0.762. The molecule has 15 heavy (non-hydrogen) atoms. The second kappa shape index (κ2) is 3.97. The summed E-state index contributed by atoms with van der Waals surface area (Å²) in [7, 11) is -2.80. The Balaban J connectivity index is 2.16. The fourth-order valence-electron chi connectivity index (χ4n) is 2.20. The standard InChI is InChI=1S/C12H16O2S/c1-10-9-12(7-8-15(10,13)14)11-5-3-2-4-6-11/h2-6,10,12H,7-9H2,1H3/t10-,12+/m1/s1. The number of rotatable bonds is 1. The first-order valence-electron chi connectivity index (χ1n) is 5.36. The molecule has 1 aromatic rings. The van der Waals surface area contributed by atoms with E-state index in [0.717, 1.165) is 12.8 Å². The Morgan fingerprint density at radius 2 is 1.87 bits per heavy atom. The van der Waals surface area contributed by atoms with Gasteiger partial charge < -0.3 is 0 Å². The summed E-state index contributed by atoms with van der Waals surface area (Å²) < 4.78 is 23.1. The quantitative estimate of drug-likeness (QED) is 0.734. The zero-order valence-electron chi connectivity index (χ0n) is 8.89. The van der Waals surface area contributed by atoms with Crippen LogP contribution in [0.3, 0.4) is 0 Å². The van der Waals surface area contributed by atoms with Gasteiger partial charge in [-0.05, 0) is 31.2 Å². The number of benzene rings is 1. The van der Waals surface area contributed by atoms with E-state index in [1.807, 2.05) is 25.1 Å². The van der Waals surface area contributed by atoms with E-state index in [2.05, 4.69) is 12.1 Å². The van der Waals surface area contributed by atoms with Crippen LogP contribution in [0.1, 0.15) is 31.2 Å². The predicted octanol–water partition coefficient (Wildman–Crippen LogP) is 2.37. The van der Waals surface area contributed by atoms with Crippen molar-refractivity contribution in [3.8, 4) is 0 Å². The maximum atomic E-state index is 11.6. The number of hydrogen-bond acceptors (Lipinski definition) is 2. The lowest BCUT2D eigenvalue weighted by atomic mass is 9.92. The molecule has 0 saturated carbocycles. The maximum absolute atomic E-state index is 11.6. The minimum Gasteiger partial charge on any atom is -0.229 e. The Bertz CT molecular complexity index is 422. The molecule has 2 rings (SSSR count). The molecule has 82 valence electrons. The van der Waals surface area contributed by atoms with Gasteiger partial charge in [0.25, 0.3) is 0 Å². The molecule has 0 spiro atoms. The van der Waals surface area contributed by atoms with Gasteiger partial charge in [0.05, 0.1) is 11.0 Å². The van der Waals surface area contributed by atoms with E-state index in [1.165, 1.54) is 5.56 Å². The Morgan fingerprint density at radius 3 is 2.47 bits per heavy atom. The highest BCUT2D eigenvalue weighted by Gasteiger charge is 2.31. The van der Waals surface area contributed by atoms with Crippen molar-refractivity contribution in [3.05, 3.63) is 35.9 Å². The van der Waals surface area contributed by atoms with Gasteiger partial charge in [0, 0.05) is 0 Å². The summed E-state index contributed by atoms with van der Waals surface area (Å²) in [6.07, 6.45) is 1.54. The highest BCUT2D eigenvalue weighted by Crippen LogP contribution is 2.32. The Kier molecular flexibility index (Phi) is 2.83. The molecule has 0 aliphatic carbocycles. The number of sulfone groups is 1. The summed E-state index contributed by atoms with van der Waals surface area (Å²) >= 11 is 0. The van der Waals surface area contributed by atoms with Crippen LogP contribution in [0.2, 0.25) is 0 Å². The van der Waals surface area contributed by atoms with Crippen molar-refractivity contribution in [1.29, 1.82) is 0 Å². The van der Waals surface area contributed by atoms with Crippen molar-refractivity contribution in [2.45, 2.75) is 30.9 Å². The SMILES string of the molecule is C[C@@H]1C[C@@H](c2ccccc2)CCS1(=O)=O. The molecule has 0 bridgehead atoms. The molecule has 1 fully saturated rings. The molecule has 0 unspecified atom stereocenters. The van der Waals surface area contributed by atoms with Gasteiger partial charge in [-0.25, -0.2) is 8.42 Å². The van der Waals surface area contributed by atoms with Gasteiger partial charge in [0.15, 0.2) is 9.84 Å². The maximum Gasteiger partial charge on any atom is 0.152 e. The topological polar surface area (TPSA) is 34.1 Å². The van der Waals surface area contributed by atoms with Gasteiger partial charge >= 0.3 is 0 Å². The largest absolute Gasteiger partial charge is 0.229 e. The summed E-state index contributed by atoms with van der Waals surface area (Å²) in [5, 5.41) is -0.184. The molecule has 1 aromatic carbocycles. The minimum absolute atomic E-state index is 0.184. The molecule has 1 aliphatic rings. The van der Waals surface area contributed by atoms with Gasteiger partial charge in [-0.1, -0.05) is 30.3 Å². The molecule has 0 radical (unpaired) electrons. The molecule has 0 aromatic heterocycles. The van der Waals surface area contributed by atoms with Crippen molar-refractivity contribution in [1.82, 2.24) is 0 Å². The molecule has 1 heterocycles.